The lowest BCUT2D eigenvalue weighted by atomic mass is 10.1. The van der Waals surface area contributed by atoms with E-state index in [0.717, 1.165) is 19.4 Å². The van der Waals surface area contributed by atoms with Crippen LogP contribution in [0.5, 0.6) is 0 Å². The number of nitrogens with one attached hydrogen (secondary N) is 2. The van der Waals surface area contributed by atoms with E-state index in [0.29, 0.717) is 24.8 Å². The van der Waals surface area contributed by atoms with E-state index in [2.05, 4.69) is 39.8 Å². The molecule has 1 aromatic heterocycles. The Hall–Kier alpha value is -0.370. The van der Waals surface area contributed by atoms with Gasteiger partial charge in [-0.05, 0) is 41.2 Å². The minimum absolute atomic E-state index is 0.162. The van der Waals surface area contributed by atoms with Gasteiger partial charge in [-0.2, -0.15) is 0 Å². The molecule has 0 bridgehead atoms. The van der Waals surface area contributed by atoms with E-state index >= 15 is 0 Å². The molecule has 0 unspecified atom stereocenters. The molecular formula is C13H23BrN2O3S. The van der Waals surface area contributed by atoms with E-state index in [9.17, 15) is 8.42 Å². The first-order chi connectivity index (χ1) is 9.36. The van der Waals surface area contributed by atoms with Crippen molar-refractivity contribution in [2.75, 3.05) is 13.1 Å². The molecule has 0 atom stereocenters. The van der Waals surface area contributed by atoms with Crippen LogP contribution in [-0.2, 0) is 16.6 Å². The molecule has 0 saturated carbocycles. The van der Waals surface area contributed by atoms with Crippen LogP contribution in [-0.4, -0.2) is 21.5 Å². The summed E-state index contributed by atoms with van der Waals surface area (Å²) in [6.07, 6.45) is 1.83. The maximum atomic E-state index is 12.2. The standard InChI is InChI=1S/C13H23BrN2O3S/c1-4-15-9-11-8-12(13(14)19-11)20(17,18)16-7-5-6-10(2)3/h8,10,15-16H,4-7,9H2,1-3H3. The first-order valence-electron chi connectivity index (χ1n) is 6.85. The highest BCUT2D eigenvalue weighted by Crippen LogP contribution is 2.26. The molecule has 0 radical (unpaired) electrons. The summed E-state index contributed by atoms with van der Waals surface area (Å²) in [5, 5.41) is 3.09. The minimum Gasteiger partial charge on any atom is -0.452 e. The fourth-order valence-electron chi connectivity index (χ4n) is 1.71. The third kappa shape index (κ3) is 5.55. The second-order valence-electron chi connectivity index (χ2n) is 5.06. The van der Waals surface area contributed by atoms with E-state index in [-0.39, 0.29) is 9.56 Å². The Bertz CT molecular complexity index is 512. The molecule has 0 aliphatic rings. The Labute approximate surface area is 129 Å². The van der Waals surface area contributed by atoms with Gasteiger partial charge in [0.15, 0.2) is 4.67 Å². The predicted molar refractivity (Wildman–Crippen MR) is 83.0 cm³/mol. The Balaban J connectivity index is 2.64. The van der Waals surface area contributed by atoms with Gasteiger partial charge in [0.05, 0.1) is 6.54 Å². The third-order valence-electron chi connectivity index (χ3n) is 2.80. The van der Waals surface area contributed by atoms with Gasteiger partial charge in [0.25, 0.3) is 0 Å². The molecule has 2 N–H and O–H groups in total. The lowest BCUT2D eigenvalue weighted by molar-refractivity contribution is 0.464. The van der Waals surface area contributed by atoms with Gasteiger partial charge >= 0.3 is 0 Å². The Kier molecular flexibility index (Phi) is 7.22. The van der Waals surface area contributed by atoms with Crippen molar-refractivity contribution in [2.24, 2.45) is 5.92 Å². The van der Waals surface area contributed by atoms with Crippen LogP contribution in [0, 0.1) is 5.92 Å². The molecule has 1 rings (SSSR count). The van der Waals surface area contributed by atoms with Crippen molar-refractivity contribution >= 4 is 26.0 Å². The molecule has 5 nitrogen and oxygen atoms in total. The van der Waals surface area contributed by atoms with Crippen LogP contribution in [0.2, 0.25) is 0 Å². The summed E-state index contributed by atoms with van der Waals surface area (Å²) in [5.74, 6) is 1.17. The quantitative estimate of drug-likeness (QED) is 0.659. The minimum atomic E-state index is -3.51. The molecule has 20 heavy (non-hydrogen) atoms. The average molecular weight is 367 g/mol. The zero-order chi connectivity index (χ0) is 15.2. The highest BCUT2D eigenvalue weighted by molar-refractivity contribution is 9.10. The van der Waals surface area contributed by atoms with Gasteiger partial charge in [0.1, 0.15) is 10.7 Å². The average Bonchev–Trinajstić information content (AvgIpc) is 2.74. The number of hydrogen-bond donors (Lipinski definition) is 2. The lowest BCUT2D eigenvalue weighted by Gasteiger charge is -2.06. The summed E-state index contributed by atoms with van der Waals surface area (Å²) >= 11 is 3.16. The van der Waals surface area contributed by atoms with Crippen LogP contribution in [0.25, 0.3) is 0 Å². The van der Waals surface area contributed by atoms with Crippen LogP contribution in [0.4, 0.5) is 0 Å². The monoisotopic (exact) mass is 366 g/mol. The van der Waals surface area contributed by atoms with Gasteiger partial charge in [-0.15, -0.1) is 0 Å². The highest BCUT2D eigenvalue weighted by Gasteiger charge is 2.21. The Morgan fingerprint density at radius 2 is 2.10 bits per heavy atom. The van der Waals surface area contributed by atoms with Gasteiger partial charge in [0, 0.05) is 12.6 Å². The SMILES string of the molecule is CCNCc1cc(S(=O)(=O)NCCCC(C)C)c(Br)o1. The van der Waals surface area contributed by atoms with Crippen LogP contribution in [0.3, 0.4) is 0 Å². The summed E-state index contributed by atoms with van der Waals surface area (Å²) < 4.78 is 32.6. The number of halogens is 1. The molecule has 0 spiro atoms. The second-order valence-corrected chi connectivity index (χ2v) is 7.52. The Morgan fingerprint density at radius 3 is 2.70 bits per heavy atom. The molecular weight excluding hydrogens is 344 g/mol. The molecule has 0 fully saturated rings. The summed E-state index contributed by atoms with van der Waals surface area (Å²) in [6, 6.07) is 1.55. The third-order valence-corrected chi connectivity index (χ3v) is 5.11. The normalized spacial score (nSPS) is 12.2. The fraction of sp³-hybridized carbons (Fsp3) is 0.692. The number of furan rings is 1. The van der Waals surface area contributed by atoms with Crippen molar-refractivity contribution in [3.05, 3.63) is 16.5 Å². The molecule has 0 aliphatic heterocycles. The van der Waals surface area contributed by atoms with Crippen molar-refractivity contribution in [3.63, 3.8) is 0 Å². The topological polar surface area (TPSA) is 71.3 Å². The number of hydrogen-bond acceptors (Lipinski definition) is 4. The van der Waals surface area contributed by atoms with Gasteiger partial charge in [-0.1, -0.05) is 20.8 Å². The number of rotatable bonds is 9. The van der Waals surface area contributed by atoms with E-state index in [1.165, 1.54) is 0 Å². The van der Waals surface area contributed by atoms with E-state index in [1.807, 2.05) is 6.92 Å². The molecule has 116 valence electrons. The summed E-state index contributed by atoms with van der Waals surface area (Å²) in [7, 11) is -3.51. The first-order valence-corrected chi connectivity index (χ1v) is 9.13. The largest absolute Gasteiger partial charge is 0.452 e. The van der Waals surface area contributed by atoms with E-state index in [1.54, 1.807) is 6.07 Å². The van der Waals surface area contributed by atoms with E-state index in [4.69, 9.17) is 4.42 Å². The maximum absolute atomic E-state index is 12.2. The second kappa shape index (κ2) is 8.17. The summed E-state index contributed by atoms with van der Waals surface area (Å²) in [5.41, 5.74) is 0. The summed E-state index contributed by atoms with van der Waals surface area (Å²) in [4.78, 5) is 0.162. The van der Waals surface area contributed by atoms with Gasteiger partial charge < -0.3 is 9.73 Å². The first kappa shape index (κ1) is 17.7. The molecule has 0 amide bonds. The predicted octanol–water partition coefficient (Wildman–Crippen LogP) is 2.87. The van der Waals surface area contributed by atoms with Crippen LogP contribution in [0.15, 0.2) is 20.0 Å². The molecule has 7 heteroatoms. The molecule has 1 aromatic rings. The zero-order valence-corrected chi connectivity index (χ0v) is 14.6. The van der Waals surface area contributed by atoms with Crippen LogP contribution < -0.4 is 10.0 Å². The molecule has 1 heterocycles. The smallest absolute Gasteiger partial charge is 0.244 e. The number of sulfonamides is 1. The van der Waals surface area contributed by atoms with Crippen LogP contribution in [0.1, 0.15) is 39.4 Å². The van der Waals surface area contributed by atoms with Gasteiger partial charge in [-0.3, -0.25) is 0 Å². The fourth-order valence-corrected chi connectivity index (χ4v) is 3.78. The maximum Gasteiger partial charge on any atom is 0.244 e. The highest BCUT2D eigenvalue weighted by atomic mass is 79.9. The van der Waals surface area contributed by atoms with Crippen molar-refractivity contribution < 1.29 is 12.8 Å². The molecule has 0 aliphatic carbocycles. The van der Waals surface area contributed by atoms with Crippen molar-refractivity contribution in [1.29, 1.82) is 0 Å². The van der Waals surface area contributed by atoms with Crippen LogP contribution >= 0.6 is 15.9 Å². The van der Waals surface area contributed by atoms with Crippen molar-refractivity contribution in [1.82, 2.24) is 10.0 Å². The van der Waals surface area contributed by atoms with Crippen molar-refractivity contribution in [3.8, 4) is 0 Å². The Morgan fingerprint density at radius 1 is 1.40 bits per heavy atom. The van der Waals surface area contributed by atoms with E-state index < -0.39 is 10.0 Å². The summed E-state index contributed by atoms with van der Waals surface area (Å²) in [6.45, 7) is 7.97. The van der Waals surface area contributed by atoms with Crippen molar-refractivity contribution in [2.45, 2.75) is 45.1 Å². The molecule has 0 saturated heterocycles. The van der Waals surface area contributed by atoms with Gasteiger partial charge in [0.2, 0.25) is 10.0 Å². The molecule has 0 aromatic carbocycles. The zero-order valence-electron chi connectivity index (χ0n) is 12.2. The van der Waals surface area contributed by atoms with Gasteiger partial charge in [-0.25, -0.2) is 13.1 Å². The lowest BCUT2D eigenvalue weighted by Crippen LogP contribution is -2.25.